The molecule has 1 fully saturated rings. The van der Waals surface area contributed by atoms with E-state index in [2.05, 4.69) is 16.3 Å². The molecule has 2 N–H and O–H groups in total. The topological polar surface area (TPSA) is 97.3 Å². The molecule has 0 radical (unpaired) electrons. The zero-order valence-electron chi connectivity index (χ0n) is 21.7. The molecule has 0 aromatic heterocycles. The molecule has 2 aliphatic rings. The van der Waals surface area contributed by atoms with E-state index in [-0.39, 0.29) is 11.0 Å². The van der Waals surface area contributed by atoms with Crippen molar-refractivity contribution in [3.05, 3.63) is 66.2 Å². The van der Waals surface area contributed by atoms with Gasteiger partial charge in [-0.25, -0.2) is 0 Å². The molecule has 2 heterocycles. The Balaban J connectivity index is 1.19. The highest BCUT2D eigenvalue weighted by Gasteiger charge is 2.26. The van der Waals surface area contributed by atoms with Crippen LogP contribution in [0.15, 0.2) is 65.6 Å². The number of hydrogen-bond donors (Lipinski definition) is 2. The summed E-state index contributed by atoms with van der Waals surface area (Å²) >= 11 is 0. The van der Waals surface area contributed by atoms with E-state index in [0.29, 0.717) is 36.1 Å². The van der Waals surface area contributed by atoms with Crippen LogP contribution in [0.4, 0.5) is 5.69 Å². The monoisotopic (exact) mass is 538 g/mol. The minimum Gasteiger partial charge on any atom is -0.495 e. The Labute approximate surface area is 224 Å². The fraction of sp³-hybridized carbons (Fsp3) is 0.379. The lowest BCUT2D eigenvalue weighted by Crippen LogP contribution is -2.42. The number of para-hydroxylation sites is 3. The summed E-state index contributed by atoms with van der Waals surface area (Å²) in [5.41, 5.74) is 3.44. The van der Waals surface area contributed by atoms with Crippen LogP contribution in [0.3, 0.4) is 0 Å². The van der Waals surface area contributed by atoms with Gasteiger partial charge in [0.15, 0.2) is 11.5 Å². The number of nitrogens with zero attached hydrogens (tertiary/aromatic N) is 1. The first kappa shape index (κ1) is 26.3. The van der Waals surface area contributed by atoms with Gasteiger partial charge in [-0.2, -0.15) is 8.42 Å². The maximum atomic E-state index is 11.7. The second-order valence-electron chi connectivity index (χ2n) is 9.90. The number of benzene rings is 3. The van der Waals surface area contributed by atoms with Crippen LogP contribution in [-0.4, -0.2) is 59.0 Å². The Morgan fingerprint density at radius 3 is 2.58 bits per heavy atom. The number of rotatable bonds is 8. The first-order valence-corrected chi connectivity index (χ1v) is 14.4. The van der Waals surface area contributed by atoms with Crippen LogP contribution in [0.2, 0.25) is 0 Å². The van der Waals surface area contributed by atoms with Crippen molar-refractivity contribution < 1.29 is 27.2 Å². The van der Waals surface area contributed by atoms with Gasteiger partial charge in [0.25, 0.3) is 10.1 Å². The van der Waals surface area contributed by atoms with E-state index < -0.39 is 10.1 Å². The Morgan fingerprint density at radius 2 is 1.82 bits per heavy atom. The van der Waals surface area contributed by atoms with Gasteiger partial charge in [0.2, 0.25) is 0 Å². The molecule has 1 unspecified atom stereocenters. The Kier molecular flexibility index (Phi) is 7.78. The standard InChI is InChI=1S/C29H34N2O6S/c1-20-10-11-23(38(32,33)34)16-25(20)24-6-5-9-28-29(24)37-22(19-36-28)18-30-17-21-12-14-31(15-13-21)26-7-3-4-8-27(26)35-2/h3-11,16,21-22,30H,12-15,17-19H2,1-2H3,(H,32,33,34). The van der Waals surface area contributed by atoms with Gasteiger partial charge in [0, 0.05) is 25.2 Å². The first-order chi connectivity index (χ1) is 18.3. The SMILES string of the molecule is COc1ccccc1N1CCC(CNCC2COc3cccc(-c4cc(S(=O)(=O)O)ccc4C)c3O2)CC1. The Morgan fingerprint density at radius 1 is 1.03 bits per heavy atom. The van der Waals surface area contributed by atoms with Crippen molar-refractivity contribution in [1.29, 1.82) is 0 Å². The normalized spacial score (nSPS) is 17.9. The molecule has 1 atom stereocenters. The molecule has 0 amide bonds. The third kappa shape index (κ3) is 5.75. The van der Waals surface area contributed by atoms with E-state index in [9.17, 15) is 13.0 Å². The molecule has 8 nitrogen and oxygen atoms in total. The average Bonchev–Trinajstić information content (AvgIpc) is 2.93. The predicted octanol–water partition coefficient (Wildman–Crippen LogP) is 4.56. The van der Waals surface area contributed by atoms with Crippen LogP contribution >= 0.6 is 0 Å². The van der Waals surface area contributed by atoms with Crippen molar-refractivity contribution in [2.45, 2.75) is 30.8 Å². The van der Waals surface area contributed by atoms with Gasteiger partial charge >= 0.3 is 0 Å². The zero-order valence-corrected chi connectivity index (χ0v) is 22.5. The summed E-state index contributed by atoms with van der Waals surface area (Å²) in [5.74, 6) is 2.71. The maximum absolute atomic E-state index is 11.7. The molecular weight excluding hydrogens is 504 g/mol. The zero-order chi connectivity index (χ0) is 26.7. The van der Waals surface area contributed by atoms with Crippen molar-refractivity contribution >= 4 is 15.8 Å². The molecule has 1 saturated heterocycles. The third-order valence-corrected chi connectivity index (χ3v) is 8.18. The van der Waals surface area contributed by atoms with Gasteiger partial charge in [0.05, 0.1) is 17.7 Å². The molecule has 38 heavy (non-hydrogen) atoms. The van der Waals surface area contributed by atoms with Crippen molar-refractivity contribution in [3.8, 4) is 28.4 Å². The quantitative estimate of drug-likeness (QED) is 0.403. The van der Waals surface area contributed by atoms with E-state index in [4.69, 9.17) is 14.2 Å². The lowest BCUT2D eigenvalue weighted by atomic mass is 9.96. The van der Waals surface area contributed by atoms with Gasteiger partial charge in [0.1, 0.15) is 18.5 Å². The third-order valence-electron chi connectivity index (χ3n) is 7.33. The summed E-state index contributed by atoms with van der Waals surface area (Å²) in [6.07, 6.45) is 2.02. The van der Waals surface area contributed by atoms with E-state index in [0.717, 1.165) is 55.0 Å². The van der Waals surface area contributed by atoms with Crippen molar-refractivity contribution in [2.75, 3.05) is 44.8 Å². The maximum Gasteiger partial charge on any atom is 0.294 e. The van der Waals surface area contributed by atoms with Crippen LogP contribution in [0.5, 0.6) is 17.2 Å². The lowest BCUT2D eigenvalue weighted by molar-refractivity contribution is 0.0901. The number of ether oxygens (including phenoxy) is 3. The highest BCUT2D eigenvalue weighted by Crippen LogP contribution is 2.42. The number of hydrogen-bond acceptors (Lipinski definition) is 7. The van der Waals surface area contributed by atoms with Gasteiger partial charge in [-0.15, -0.1) is 0 Å². The number of fused-ring (bicyclic) bond motifs is 1. The summed E-state index contributed by atoms with van der Waals surface area (Å²) < 4.78 is 50.9. The minimum atomic E-state index is -4.32. The Hall–Kier alpha value is -3.27. The van der Waals surface area contributed by atoms with E-state index in [1.54, 1.807) is 13.2 Å². The van der Waals surface area contributed by atoms with Crippen molar-refractivity contribution in [3.63, 3.8) is 0 Å². The molecule has 0 spiro atoms. The molecular formula is C29H34N2O6S. The number of anilines is 1. The molecule has 2 aliphatic heterocycles. The second-order valence-corrected chi connectivity index (χ2v) is 11.3. The highest BCUT2D eigenvalue weighted by molar-refractivity contribution is 7.85. The molecule has 0 bridgehead atoms. The van der Waals surface area contributed by atoms with Gasteiger partial charge in [-0.3, -0.25) is 4.55 Å². The van der Waals surface area contributed by atoms with E-state index >= 15 is 0 Å². The average molecular weight is 539 g/mol. The minimum absolute atomic E-state index is 0.151. The summed E-state index contributed by atoms with van der Waals surface area (Å²) in [6, 6.07) is 18.3. The first-order valence-electron chi connectivity index (χ1n) is 12.9. The predicted molar refractivity (Wildman–Crippen MR) is 147 cm³/mol. The molecule has 5 rings (SSSR count). The fourth-order valence-corrected chi connectivity index (χ4v) is 5.72. The molecule has 0 saturated carbocycles. The smallest absolute Gasteiger partial charge is 0.294 e. The van der Waals surface area contributed by atoms with Crippen LogP contribution in [0.1, 0.15) is 18.4 Å². The van der Waals surface area contributed by atoms with E-state index in [1.807, 2.05) is 43.3 Å². The number of methoxy groups -OCH3 is 1. The summed E-state index contributed by atoms with van der Waals surface area (Å²) in [4.78, 5) is 2.24. The van der Waals surface area contributed by atoms with Crippen molar-refractivity contribution in [2.24, 2.45) is 5.92 Å². The van der Waals surface area contributed by atoms with Crippen LogP contribution in [0.25, 0.3) is 11.1 Å². The molecule has 9 heteroatoms. The number of nitrogens with one attached hydrogen (secondary N) is 1. The van der Waals surface area contributed by atoms with Crippen LogP contribution in [-0.2, 0) is 10.1 Å². The van der Waals surface area contributed by atoms with Crippen LogP contribution in [0, 0.1) is 12.8 Å². The number of piperidine rings is 1. The largest absolute Gasteiger partial charge is 0.495 e. The highest BCUT2D eigenvalue weighted by atomic mass is 32.2. The molecule has 202 valence electrons. The van der Waals surface area contributed by atoms with Gasteiger partial charge < -0.3 is 24.4 Å². The van der Waals surface area contributed by atoms with Crippen molar-refractivity contribution in [1.82, 2.24) is 5.32 Å². The molecule has 3 aromatic carbocycles. The Bertz CT molecular complexity index is 1390. The van der Waals surface area contributed by atoms with E-state index in [1.165, 1.54) is 12.1 Å². The summed E-state index contributed by atoms with van der Waals surface area (Å²) in [7, 11) is -2.61. The van der Waals surface area contributed by atoms with Gasteiger partial charge in [-0.1, -0.05) is 30.3 Å². The fourth-order valence-electron chi connectivity index (χ4n) is 5.22. The number of aryl methyl sites for hydroxylation is 1. The van der Waals surface area contributed by atoms with Gasteiger partial charge in [-0.05, 0) is 73.7 Å². The lowest BCUT2D eigenvalue weighted by Gasteiger charge is -2.35. The summed E-state index contributed by atoms with van der Waals surface area (Å²) in [5, 5.41) is 3.57. The molecule has 3 aromatic rings. The summed E-state index contributed by atoms with van der Waals surface area (Å²) in [6.45, 7) is 5.86. The second kappa shape index (κ2) is 11.2. The van der Waals surface area contributed by atoms with Crippen LogP contribution < -0.4 is 24.4 Å². The molecule has 0 aliphatic carbocycles.